The third kappa shape index (κ3) is 6.14. The van der Waals surface area contributed by atoms with Gasteiger partial charge in [0.25, 0.3) is 5.69 Å². The maximum atomic E-state index is 12.3. The van der Waals surface area contributed by atoms with Crippen molar-refractivity contribution >= 4 is 45.8 Å². The van der Waals surface area contributed by atoms with Gasteiger partial charge in [-0.2, -0.15) is 5.10 Å². The zero-order chi connectivity index (χ0) is 23.1. The van der Waals surface area contributed by atoms with Gasteiger partial charge < -0.3 is 15.4 Å². The van der Waals surface area contributed by atoms with E-state index >= 15 is 0 Å². The lowest BCUT2D eigenvalue weighted by atomic mass is 10.1. The summed E-state index contributed by atoms with van der Waals surface area (Å²) >= 11 is 1.12. The quantitative estimate of drug-likeness (QED) is 0.356. The largest absolute Gasteiger partial charge is 0.494 e. The van der Waals surface area contributed by atoms with Crippen LogP contribution in [0.5, 0.6) is 5.75 Å². The van der Waals surface area contributed by atoms with Gasteiger partial charge in [0, 0.05) is 24.2 Å². The summed E-state index contributed by atoms with van der Waals surface area (Å²) in [5.74, 6) is 0.0917. The van der Waals surface area contributed by atoms with Gasteiger partial charge in [-0.05, 0) is 55.8 Å². The minimum Gasteiger partial charge on any atom is -0.494 e. The third-order valence-electron chi connectivity index (χ3n) is 4.38. The van der Waals surface area contributed by atoms with Crippen molar-refractivity contribution in [2.45, 2.75) is 25.5 Å². The summed E-state index contributed by atoms with van der Waals surface area (Å²) in [5, 5.41) is 23.9. The molecule has 0 spiro atoms. The minimum absolute atomic E-state index is 0.0159. The number of amides is 2. The van der Waals surface area contributed by atoms with Gasteiger partial charge in [0.05, 0.1) is 17.2 Å². The first-order chi connectivity index (χ1) is 15.4. The molecule has 1 unspecified atom stereocenters. The summed E-state index contributed by atoms with van der Waals surface area (Å²) < 4.78 is 5.36. The van der Waals surface area contributed by atoms with E-state index in [0.29, 0.717) is 29.3 Å². The van der Waals surface area contributed by atoms with E-state index in [4.69, 9.17) is 4.74 Å². The van der Waals surface area contributed by atoms with Crippen LogP contribution in [-0.4, -0.2) is 39.5 Å². The van der Waals surface area contributed by atoms with Crippen LogP contribution in [0, 0.1) is 10.1 Å². The molecule has 1 fully saturated rings. The Bertz CT molecular complexity index is 1070. The third-order valence-corrected chi connectivity index (χ3v) is 5.46. The molecule has 0 aliphatic carbocycles. The first-order valence-electron chi connectivity index (χ1n) is 9.73. The molecule has 0 aromatic heterocycles. The predicted molar refractivity (Wildman–Crippen MR) is 123 cm³/mol. The maximum Gasteiger partial charge on any atom is 0.269 e. The summed E-state index contributed by atoms with van der Waals surface area (Å²) in [5.41, 5.74) is 1.79. The van der Waals surface area contributed by atoms with E-state index in [2.05, 4.69) is 20.8 Å². The van der Waals surface area contributed by atoms with Crippen molar-refractivity contribution in [3.8, 4) is 5.75 Å². The maximum absolute atomic E-state index is 12.3. The molecule has 2 aromatic carbocycles. The Balaban J connectivity index is 1.56. The number of anilines is 1. The number of benzene rings is 2. The van der Waals surface area contributed by atoms with Crippen LogP contribution in [0.3, 0.4) is 0 Å². The average Bonchev–Trinajstić information content (AvgIpc) is 3.12. The molecular weight excluding hydrogens is 434 g/mol. The fourth-order valence-electron chi connectivity index (χ4n) is 2.77. The SMILES string of the molecule is CCOc1ccc(NC(=O)CC2S/C(=N\N=C(/C)c3ccc([N+](=O)[O-])cc3)NC2=O)cc1. The molecule has 2 amide bonds. The molecule has 1 aliphatic rings. The number of non-ortho nitro benzene ring substituents is 1. The van der Waals surface area contributed by atoms with Gasteiger partial charge in [-0.15, -0.1) is 5.10 Å². The van der Waals surface area contributed by atoms with Crippen molar-refractivity contribution in [3.63, 3.8) is 0 Å². The molecule has 0 bridgehead atoms. The number of ether oxygens (including phenoxy) is 1. The normalized spacial score (nSPS) is 17.2. The summed E-state index contributed by atoms with van der Waals surface area (Å²) in [7, 11) is 0. The number of nitrogens with zero attached hydrogens (tertiary/aromatic N) is 3. The fraction of sp³-hybridized carbons (Fsp3) is 0.238. The van der Waals surface area contributed by atoms with E-state index < -0.39 is 10.2 Å². The van der Waals surface area contributed by atoms with E-state index in [1.54, 1.807) is 43.3 Å². The van der Waals surface area contributed by atoms with Crippen molar-refractivity contribution in [2.75, 3.05) is 11.9 Å². The topological polar surface area (TPSA) is 135 Å². The molecular formula is C21H21N5O5S. The van der Waals surface area contributed by atoms with E-state index in [0.717, 1.165) is 11.8 Å². The van der Waals surface area contributed by atoms with Crippen molar-refractivity contribution in [1.82, 2.24) is 5.32 Å². The van der Waals surface area contributed by atoms with Crippen LogP contribution in [0.4, 0.5) is 11.4 Å². The van der Waals surface area contributed by atoms with Crippen LogP contribution in [0.25, 0.3) is 0 Å². The Morgan fingerprint density at radius 1 is 1.22 bits per heavy atom. The van der Waals surface area contributed by atoms with Gasteiger partial charge >= 0.3 is 0 Å². The number of carbonyl (C=O) groups excluding carboxylic acids is 2. The second kappa shape index (κ2) is 10.5. The van der Waals surface area contributed by atoms with Crippen LogP contribution in [0.15, 0.2) is 58.7 Å². The monoisotopic (exact) mass is 455 g/mol. The fourth-order valence-corrected chi connectivity index (χ4v) is 3.69. The molecule has 2 N–H and O–H groups in total. The van der Waals surface area contributed by atoms with Gasteiger partial charge in [0.1, 0.15) is 11.0 Å². The summed E-state index contributed by atoms with van der Waals surface area (Å²) in [4.78, 5) is 34.7. The minimum atomic E-state index is -0.619. The van der Waals surface area contributed by atoms with E-state index in [1.807, 2.05) is 6.92 Å². The molecule has 0 saturated carbocycles. The number of nitro benzene ring substituents is 1. The first-order valence-corrected chi connectivity index (χ1v) is 10.6. The standard InChI is InChI=1S/C21H21N5O5S/c1-3-31-17-10-6-15(7-11-17)22-19(27)12-18-20(28)23-21(32-18)25-24-13(2)14-4-8-16(9-5-14)26(29)30/h4-11,18H,3,12H2,1-2H3,(H,22,27)(H,23,25,28)/b24-13+. The molecule has 1 heterocycles. The number of hydrogen-bond donors (Lipinski definition) is 2. The molecule has 1 saturated heterocycles. The molecule has 2 aromatic rings. The molecule has 166 valence electrons. The number of nitrogens with one attached hydrogen (secondary N) is 2. The predicted octanol–water partition coefficient (Wildman–Crippen LogP) is 3.33. The van der Waals surface area contributed by atoms with Crippen molar-refractivity contribution in [3.05, 3.63) is 64.2 Å². The average molecular weight is 455 g/mol. The molecule has 32 heavy (non-hydrogen) atoms. The van der Waals surface area contributed by atoms with Crippen molar-refractivity contribution in [2.24, 2.45) is 10.2 Å². The Labute approximate surface area is 188 Å². The zero-order valence-corrected chi connectivity index (χ0v) is 18.2. The number of carbonyl (C=O) groups is 2. The van der Waals surface area contributed by atoms with Gasteiger partial charge in [-0.1, -0.05) is 11.8 Å². The number of rotatable bonds is 8. The highest BCUT2D eigenvalue weighted by Crippen LogP contribution is 2.24. The van der Waals surface area contributed by atoms with Crippen LogP contribution < -0.4 is 15.4 Å². The summed E-state index contributed by atoms with van der Waals surface area (Å²) in [6.45, 7) is 4.15. The van der Waals surface area contributed by atoms with Gasteiger partial charge in [-0.25, -0.2) is 0 Å². The highest BCUT2D eigenvalue weighted by atomic mass is 32.2. The van der Waals surface area contributed by atoms with Crippen LogP contribution in [0.2, 0.25) is 0 Å². The first kappa shape index (κ1) is 22.9. The Hall–Kier alpha value is -3.73. The highest BCUT2D eigenvalue weighted by molar-refractivity contribution is 8.15. The summed E-state index contributed by atoms with van der Waals surface area (Å²) in [6, 6.07) is 12.9. The molecule has 11 heteroatoms. The van der Waals surface area contributed by atoms with Gasteiger partial charge in [0.2, 0.25) is 11.8 Å². The molecule has 1 atom stereocenters. The van der Waals surface area contributed by atoms with Crippen LogP contribution >= 0.6 is 11.8 Å². The zero-order valence-electron chi connectivity index (χ0n) is 17.4. The van der Waals surface area contributed by atoms with Gasteiger partial charge in [-0.3, -0.25) is 19.7 Å². The van der Waals surface area contributed by atoms with E-state index in [9.17, 15) is 19.7 Å². The molecule has 0 radical (unpaired) electrons. The molecule has 10 nitrogen and oxygen atoms in total. The lowest BCUT2D eigenvalue weighted by molar-refractivity contribution is -0.384. The van der Waals surface area contributed by atoms with E-state index in [-0.39, 0.29) is 29.1 Å². The molecule has 1 aliphatic heterocycles. The van der Waals surface area contributed by atoms with Crippen molar-refractivity contribution in [1.29, 1.82) is 0 Å². The number of nitro groups is 1. The second-order valence-electron chi connectivity index (χ2n) is 6.70. The molecule has 3 rings (SSSR count). The Kier molecular flexibility index (Phi) is 7.55. The van der Waals surface area contributed by atoms with Gasteiger partial charge in [0.15, 0.2) is 5.17 Å². The summed E-state index contributed by atoms with van der Waals surface area (Å²) in [6.07, 6.45) is -0.0201. The van der Waals surface area contributed by atoms with Crippen LogP contribution in [0.1, 0.15) is 25.8 Å². The van der Waals surface area contributed by atoms with Crippen molar-refractivity contribution < 1.29 is 19.2 Å². The number of amidine groups is 1. The second-order valence-corrected chi connectivity index (χ2v) is 7.89. The smallest absolute Gasteiger partial charge is 0.269 e. The Morgan fingerprint density at radius 2 is 1.91 bits per heavy atom. The Morgan fingerprint density at radius 3 is 2.53 bits per heavy atom. The number of thioether (sulfide) groups is 1. The number of hydrogen-bond acceptors (Lipinski definition) is 8. The van der Waals surface area contributed by atoms with Crippen LogP contribution in [-0.2, 0) is 9.59 Å². The van der Waals surface area contributed by atoms with E-state index in [1.165, 1.54) is 12.1 Å². The lowest BCUT2D eigenvalue weighted by Crippen LogP contribution is -2.28. The lowest BCUT2D eigenvalue weighted by Gasteiger charge is -2.08. The highest BCUT2D eigenvalue weighted by Gasteiger charge is 2.32.